The summed E-state index contributed by atoms with van der Waals surface area (Å²) in [4.78, 5) is 26.0. The number of halogens is 2. The van der Waals surface area contributed by atoms with E-state index in [1.807, 2.05) is 41.2 Å². The van der Waals surface area contributed by atoms with Crippen molar-refractivity contribution >= 4 is 51.1 Å². The number of amides is 1. The van der Waals surface area contributed by atoms with Crippen molar-refractivity contribution in [1.29, 1.82) is 0 Å². The van der Waals surface area contributed by atoms with Gasteiger partial charge in [-0.15, -0.1) is 0 Å². The van der Waals surface area contributed by atoms with Gasteiger partial charge in [-0.25, -0.2) is 4.68 Å². The highest BCUT2D eigenvalue weighted by atomic mass is 127. The largest absolute Gasteiger partial charge is 0.502 e. The first-order chi connectivity index (χ1) is 13.4. The third kappa shape index (κ3) is 3.21. The van der Waals surface area contributed by atoms with Crippen LogP contribution in [0.3, 0.4) is 0 Å². The normalized spacial score (nSPS) is 17.5. The molecular weight excluding hydrogens is 588 g/mol. The van der Waals surface area contributed by atoms with Gasteiger partial charge < -0.3 is 10.0 Å². The summed E-state index contributed by atoms with van der Waals surface area (Å²) < 4.78 is 5.19. The Kier molecular flexibility index (Phi) is 5.16. The van der Waals surface area contributed by atoms with Gasteiger partial charge in [-0.2, -0.15) is 10.2 Å². The van der Waals surface area contributed by atoms with Crippen LogP contribution in [0.1, 0.15) is 28.1 Å². The molecule has 0 bridgehead atoms. The molecule has 0 radical (unpaired) electrons. The number of carbonyl (C=O) groups excluding carboxylic acids is 1. The van der Waals surface area contributed by atoms with Crippen LogP contribution in [0.4, 0.5) is 0 Å². The summed E-state index contributed by atoms with van der Waals surface area (Å²) >= 11 is 4.40. The third-order valence-electron chi connectivity index (χ3n) is 4.75. The molecule has 0 fully saturated rings. The topological polar surface area (TPSA) is 93.2 Å². The lowest BCUT2D eigenvalue weighted by atomic mass is 9.97. The van der Waals surface area contributed by atoms with Gasteiger partial charge in [-0.05, 0) is 50.7 Å². The van der Waals surface area contributed by atoms with Gasteiger partial charge in [0.25, 0.3) is 5.91 Å². The van der Waals surface area contributed by atoms with Crippen molar-refractivity contribution in [3.8, 4) is 5.75 Å². The maximum absolute atomic E-state index is 12.6. The second-order valence-corrected chi connectivity index (χ2v) is 8.69. The van der Waals surface area contributed by atoms with E-state index in [2.05, 4.69) is 55.4 Å². The van der Waals surface area contributed by atoms with Crippen molar-refractivity contribution < 1.29 is 9.90 Å². The van der Waals surface area contributed by atoms with Crippen LogP contribution >= 0.6 is 45.2 Å². The Hall–Kier alpha value is -1.96. The number of likely N-dealkylation sites (N-methyl/N-ethyl adjacent to an activating group) is 1. The molecule has 1 aliphatic rings. The van der Waals surface area contributed by atoms with Crippen molar-refractivity contribution in [2.24, 2.45) is 0 Å². The first-order valence-electron chi connectivity index (χ1n) is 8.40. The van der Waals surface area contributed by atoms with E-state index in [1.54, 1.807) is 7.05 Å². The molecule has 3 aromatic rings. The van der Waals surface area contributed by atoms with Crippen LogP contribution in [0.2, 0.25) is 0 Å². The Morgan fingerprint density at radius 2 is 1.93 bits per heavy atom. The summed E-state index contributed by atoms with van der Waals surface area (Å²) in [6, 6.07) is 9.14. The lowest BCUT2D eigenvalue weighted by Gasteiger charge is -2.37. The molecule has 1 amide bonds. The molecule has 1 aliphatic heterocycles. The first-order valence-corrected chi connectivity index (χ1v) is 10.6. The molecule has 2 atom stereocenters. The number of aromatic hydroxyl groups is 1. The highest BCUT2D eigenvalue weighted by molar-refractivity contribution is 14.1. The lowest BCUT2D eigenvalue weighted by Crippen LogP contribution is -2.46. The molecule has 4 rings (SSSR count). The number of benzene rings is 1. The second-order valence-electron chi connectivity index (χ2n) is 6.51. The van der Waals surface area contributed by atoms with Crippen molar-refractivity contribution in [2.45, 2.75) is 12.1 Å². The molecule has 1 N–H and O–H groups in total. The molecule has 144 valence electrons. The van der Waals surface area contributed by atoms with E-state index in [4.69, 9.17) is 0 Å². The predicted octanol–water partition coefficient (Wildman–Crippen LogP) is 2.27. The Bertz CT molecular complexity index is 1090. The van der Waals surface area contributed by atoms with Crippen LogP contribution in [0.15, 0.2) is 47.5 Å². The van der Waals surface area contributed by atoms with Crippen LogP contribution < -0.4 is 5.43 Å². The number of rotatable bonds is 3. The Balaban J connectivity index is 1.95. The summed E-state index contributed by atoms with van der Waals surface area (Å²) in [5.74, 6) is -1.01. The molecule has 0 spiro atoms. The zero-order chi connectivity index (χ0) is 20.0. The highest BCUT2D eigenvalue weighted by Gasteiger charge is 2.39. The standard InChI is InChI=1S/C18H15I2N5O3/c1-23-9-12(25-15(18(23)28)16(27)13(26)7-21-25)14(10-5-3-2-4-6-10)24-8-11(19)17(20)22-24/h2-8,12,14,27H,9H2,1H3/t12-,14-/m1/s1. The Morgan fingerprint density at radius 1 is 1.21 bits per heavy atom. The highest BCUT2D eigenvalue weighted by Crippen LogP contribution is 2.35. The fourth-order valence-corrected chi connectivity index (χ4v) is 4.24. The fraction of sp³-hybridized carbons (Fsp3) is 0.222. The van der Waals surface area contributed by atoms with Crippen LogP contribution in [-0.4, -0.2) is 49.1 Å². The van der Waals surface area contributed by atoms with Gasteiger partial charge in [-0.1, -0.05) is 30.3 Å². The lowest BCUT2D eigenvalue weighted by molar-refractivity contribution is 0.0667. The third-order valence-corrected chi connectivity index (χ3v) is 7.37. The van der Waals surface area contributed by atoms with Crippen LogP contribution in [0.5, 0.6) is 5.75 Å². The zero-order valence-electron chi connectivity index (χ0n) is 14.7. The summed E-state index contributed by atoms with van der Waals surface area (Å²) in [6.45, 7) is 0.355. The van der Waals surface area contributed by atoms with Crippen molar-refractivity contribution in [3.05, 3.63) is 71.5 Å². The smallest absolute Gasteiger partial charge is 0.275 e. The molecule has 28 heavy (non-hydrogen) atoms. The van der Waals surface area contributed by atoms with Gasteiger partial charge in [-0.3, -0.25) is 14.3 Å². The van der Waals surface area contributed by atoms with E-state index in [0.29, 0.717) is 6.54 Å². The van der Waals surface area contributed by atoms with Gasteiger partial charge in [0.05, 0.1) is 15.8 Å². The monoisotopic (exact) mass is 603 g/mol. The van der Waals surface area contributed by atoms with E-state index < -0.39 is 17.1 Å². The second kappa shape index (κ2) is 7.46. The van der Waals surface area contributed by atoms with Crippen LogP contribution in [0.25, 0.3) is 0 Å². The first kappa shape index (κ1) is 19.4. The van der Waals surface area contributed by atoms with E-state index in [-0.39, 0.29) is 17.8 Å². The number of carbonyl (C=O) groups is 1. The minimum atomic E-state index is -0.673. The average molecular weight is 603 g/mol. The van der Waals surface area contributed by atoms with Crippen LogP contribution in [-0.2, 0) is 0 Å². The van der Waals surface area contributed by atoms with E-state index in [0.717, 1.165) is 19.0 Å². The maximum atomic E-state index is 12.6. The minimum Gasteiger partial charge on any atom is -0.502 e. The Labute approximate surface area is 187 Å². The van der Waals surface area contributed by atoms with Gasteiger partial charge in [0.1, 0.15) is 9.74 Å². The number of aromatic nitrogens is 4. The average Bonchev–Trinajstić information content (AvgIpc) is 3.01. The fourth-order valence-electron chi connectivity index (χ4n) is 3.46. The van der Waals surface area contributed by atoms with Crippen molar-refractivity contribution in [2.75, 3.05) is 13.6 Å². The van der Waals surface area contributed by atoms with Gasteiger partial charge >= 0.3 is 0 Å². The van der Waals surface area contributed by atoms with Gasteiger partial charge in [0.15, 0.2) is 11.4 Å². The molecule has 1 aromatic carbocycles. The SMILES string of the molecule is CN1C[C@H]([C@@H](c2ccccc2)n2cc(I)c(I)n2)n2ncc(=O)c(O)c2C1=O. The molecule has 0 saturated carbocycles. The predicted molar refractivity (Wildman–Crippen MR) is 118 cm³/mol. The molecule has 2 aromatic heterocycles. The van der Waals surface area contributed by atoms with Crippen molar-refractivity contribution in [1.82, 2.24) is 24.5 Å². The summed E-state index contributed by atoms with van der Waals surface area (Å²) in [7, 11) is 1.65. The van der Waals surface area contributed by atoms with E-state index in [9.17, 15) is 14.7 Å². The van der Waals surface area contributed by atoms with E-state index in [1.165, 1.54) is 9.58 Å². The maximum Gasteiger partial charge on any atom is 0.275 e. The number of nitrogens with zero attached hydrogens (tertiary/aromatic N) is 5. The molecule has 10 heteroatoms. The minimum absolute atomic E-state index is 0.0938. The summed E-state index contributed by atoms with van der Waals surface area (Å²) in [5, 5.41) is 19.1. The molecule has 0 aliphatic carbocycles. The Morgan fingerprint density at radius 3 is 2.57 bits per heavy atom. The molecule has 3 heterocycles. The molecular formula is C18H15I2N5O3. The molecule has 8 nitrogen and oxygen atoms in total. The molecule has 0 unspecified atom stereocenters. The summed E-state index contributed by atoms with van der Waals surface area (Å²) in [5.41, 5.74) is 0.216. The number of hydrogen-bond acceptors (Lipinski definition) is 5. The number of hydrogen-bond donors (Lipinski definition) is 1. The summed E-state index contributed by atoms with van der Waals surface area (Å²) in [6.07, 6.45) is 2.99. The van der Waals surface area contributed by atoms with Gasteiger partial charge in [0.2, 0.25) is 5.43 Å². The quantitative estimate of drug-likeness (QED) is 0.465. The van der Waals surface area contributed by atoms with Crippen LogP contribution in [0, 0.1) is 7.27 Å². The van der Waals surface area contributed by atoms with Crippen molar-refractivity contribution in [3.63, 3.8) is 0 Å². The number of fused-ring (bicyclic) bond motifs is 1. The van der Waals surface area contributed by atoms with E-state index >= 15 is 0 Å². The van der Waals surface area contributed by atoms with Gasteiger partial charge in [0, 0.05) is 19.8 Å². The zero-order valence-corrected chi connectivity index (χ0v) is 19.0. The molecule has 0 saturated heterocycles.